The van der Waals surface area contributed by atoms with Crippen LogP contribution < -0.4 is 4.90 Å². The minimum absolute atomic E-state index is 0.0941. The van der Waals surface area contributed by atoms with Gasteiger partial charge >= 0.3 is 0 Å². The highest BCUT2D eigenvalue weighted by Crippen LogP contribution is 2.55. The van der Waals surface area contributed by atoms with Crippen LogP contribution in [0.5, 0.6) is 0 Å². The number of benzene rings is 9. The Morgan fingerprint density at radius 1 is 0.380 bits per heavy atom. The van der Waals surface area contributed by atoms with Crippen molar-refractivity contribution in [3.05, 3.63) is 187 Å². The maximum Gasteiger partial charge on any atom is 0.0546 e. The molecule has 10 rings (SSSR count). The number of anilines is 3. The number of hydrogen-bond donors (Lipinski definition) is 0. The molecule has 0 radical (unpaired) electrons. The van der Waals surface area contributed by atoms with Gasteiger partial charge in [0.25, 0.3) is 0 Å². The first-order valence-electron chi connectivity index (χ1n) is 17.5. The third-order valence-electron chi connectivity index (χ3n) is 11.0. The van der Waals surface area contributed by atoms with Gasteiger partial charge in [0.15, 0.2) is 0 Å². The van der Waals surface area contributed by atoms with Crippen LogP contribution in [0.25, 0.3) is 65.3 Å². The van der Waals surface area contributed by atoms with Crippen LogP contribution in [0.4, 0.5) is 17.1 Å². The van der Waals surface area contributed by atoms with Crippen molar-refractivity contribution in [2.75, 3.05) is 4.90 Å². The second-order valence-electron chi connectivity index (χ2n) is 14.1. The molecule has 9 aromatic carbocycles. The monoisotopic (exact) mass is 637 g/mol. The normalized spacial score (nSPS) is 13.2. The summed E-state index contributed by atoms with van der Waals surface area (Å²) in [5.74, 6) is 0. The van der Waals surface area contributed by atoms with E-state index in [0.717, 1.165) is 5.69 Å². The van der Waals surface area contributed by atoms with Crippen molar-refractivity contribution in [1.29, 1.82) is 0 Å². The molecule has 0 atom stereocenters. The Morgan fingerprint density at radius 3 is 1.76 bits per heavy atom. The Labute approximate surface area is 292 Å². The fourth-order valence-corrected chi connectivity index (χ4v) is 8.53. The molecule has 0 bridgehead atoms. The third kappa shape index (κ3) is 4.27. The lowest BCUT2D eigenvalue weighted by Gasteiger charge is -2.30. The molecule has 0 fully saturated rings. The zero-order valence-electron chi connectivity index (χ0n) is 28.2. The quantitative estimate of drug-likeness (QED) is 0.174. The molecular weight excluding hydrogens is 603 g/mol. The van der Waals surface area contributed by atoms with Crippen molar-refractivity contribution in [2.45, 2.75) is 19.3 Å². The number of nitrogens with zero attached hydrogens (tertiary/aromatic N) is 1. The van der Waals surface area contributed by atoms with Crippen LogP contribution in [-0.4, -0.2) is 0 Å². The minimum atomic E-state index is -0.0941. The molecule has 0 saturated carbocycles. The van der Waals surface area contributed by atoms with Crippen molar-refractivity contribution in [3.8, 4) is 22.3 Å². The summed E-state index contributed by atoms with van der Waals surface area (Å²) in [5, 5.41) is 10.1. The van der Waals surface area contributed by atoms with Crippen molar-refractivity contribution < 1.29 is 0 Å². The topological polar surface area (TPSA) is 3.24 Å². The second kappa shape index (κ2) is 10.9. The van der Waals surface area contributed by atoms with E-state index in [1.807, 2.05) is 0 Å². The maximum absolute atomic E-state index is 2.50. The van der Waals surface area contributed by atoms with E-state index in [4.69, 9.17) is 0 Å². The molecule has 0 aromatic heterocycles. The summed E-state index contributed by atoms with van der Waals surface area (Å²) in [5.41, 5.74) is 11.2. The molecule has 0 saturated heterocycles. The molecule has 50 heavy (non-hydrogen) atoms. The summed E-state index contributed by atoms with van der Waals surface area (Å²) >= 11 is 0. The van der Waals surface area contributed by atoms with Gasteiger partial charge in [0, 0.05) is 22.1 Å². The maximum atomic E-state index is 2.50. The Hall–Kier alpha value is -6.18. The summed E-state index contributed by atoms with van der Waals surface area (Å²) in [4.78, 5) is 2.50. The molecule has 0 heterocycles. The SMILES string of the molecule is CC1(C)c2ccccc2-c2c(N(c3ccc(-c4ccc5ccc6ccccc6c5c4)cc3)c3cc4ccccc4c4ccccc34)cccc21. The lowest BCUT2D eigenvalue weighted by molar-refractivity contribution is 0.660. The third-order valence-corrected chi connectivity index (χ3v) is 11.0. The fourth-order valence-electron chi connectivity index (χ4n) is 8.53. The summed E-state index contributed by atoms with van der Waals surface area (Å²) in [6.07, 6.45) is 0. The van der Waals surface area contributed by atoms with Crippen molar-refractivity contribution in [1.82, 2.24) is 0 Å². The average Bonchev–Trinajstić information content (AvgIpc) is 3.41. The molecule has 1 heteroatoms. The van der Waals surface area contributed by atoms with E-state index in [0.29, 0.717) is 0 Å². The molecule has 0 unspecified atom stereocenters. The molecule has 0 spiro atoms. The van der Waals surface area contributed by atoms with Gasteiger partial charge in [-0.2, -0.15) is 0 Å². The van der Waals surface area contributed by atoms with Gasteiger partial charge in [-0.15, -0.1) is 0 Å². The Kier molecular flexibility index (Phi) is 6.29. The Balaban J connectivity index is 1.21. The van der Waals surface area contributed by atoms with Crippen molar-refractivity contribution in [2.24, 2.45) is 0 Å². The highest BCUT2D eigenvalue weighted by molar-refractivity contribution is 6.15. The van der Waals surface area contributed by atoms with Crippen LogP contribution in [-0.2, 0) is 5.41 Å². The molecule has 1 aliphatic rings. The first-order chi connectivity index (χ1) is 24.6. The summed E-state index contributed by atoms with van der Waals surface area (Å²) in [7, 11) is 0. The number of rotatable bonds is 4. The molecular formula is C49H35N. The Bertz CT molecular complexity index is 2790. The molecule has 0 aliphatic heterocycles. The molecule has 236 valence electrons. The molecule has 1 aliphatic carbocycles. The second-order valence-corrected chi connectivity index (χ2v) is 14.1. The summed E-state index contributed by atoms with van der Waals surface area (Å²) in [6.45, 7) is 4.72. The van der Waals surface area contributed by atoms with Gasteiger partial charge in [-0.1, -0.05) is 159 Å². The van der Waals surface area contributed by atoms with Gasteiger partial charge in [0.2, 0.25) is 0 Å². The van der Waals surface area contributed by atoms with Gasteiger partial charge < -0.3 is 4.90 Å². The van der Waals surface area contributed by atoms with Crippen LogP contribution in [0.15, 0.2) is 176 Å². The standard InChI is InChI=1S/C49H35N/c1-49(2)44-19-10-9-18-42(44)48-45(49)20-11-21-46(48)50(47-31-36-13-4-6-15-39(36)40-16-7-8-17-41(40)47)37-28-26-32(27-29-37)35-25-24-34-23-22-33-12-3-5-14-38(33)43(34)30-35/h3-31H,1-2H3. The molecule has 1 nitrogen and oxygen atoms in total. The van der Waals surface area contributed by atoms with E-state index in [2.05, 4.69) is 195 Å². The summed E-state index contributed by atoms with van der Waals surface area (Å²) < 4.78 is 0. The van der Waals surface area contributed by atoms with Gasteiger partial charge in [0.1, 0.15) is 0 Å². The first-order valence-corrected chi connectivity index (χ1v) is 17.5. The van der Waals surface area contributed by atoms with E-state index in [1.54, 1.807) is 0 Å². The Morgan fingerprint density at radius 2 is 0.960 bits per heavy atom. The van der Waals surface area contributed by atoms with Crippen molar-refractivity contribution in [3.63, 3.8) is 0 Å². The van der Waals surface area contributed by atoms with Crippen LogP contribution >= 0.6 is 0 Å². The van der Waals surface area contributed by atoms with Crippen LogP contribution in [0, 0.1) is 0 Å². The van der Waals surface area contributed by atoms with Crippen LogP contribution in [0.1, 0.15) is 25.0 Å². The van der Waals surface area contributed by atoms with E-state index in [9.17, 15) is 0 Å². The summed E-state index contributed by atoms with van der Waals surface area (Å²) in [6, 6.07) is 65.0. The largest absolute Gasteiger partial charge is 0.309 e. The fraction of sp³-hybridized carbons (Fsp3) is 0.0612. The molecule has 0 amide bonds. The highest BCUT2D eigenvalue weighted by atomic mass is 15.1. The zero-order valence-corrected chi connectivity index (χ0v) is 28.2. The van der Waals surface area contributed by atoms with E-state index in [1.165, 1.54) is 87.8 Å². The predicted octanol–water partition coefficient (Wildman–Crippen LogP) is 13.7. The molecule has 0 N–H and O–H groups in total. The number of hydrogen-bond acceptors (Lipinski definition) is 1. The smallest absolute Gasteiger partial charge is 0.0546 e. The van der Waals surface area contributed by atoms with Gasteiger partial charge in [0.05, 0.1) is 11.4 Å². The van der Waals surface area contributed by atoms with E-state index >= 15 is 0 Å². The van der Waals surface area contributed by atoms with E-state index < -0.39 is 0 Å². The predicted molar refractivity (Wildman–Crippen MR) is 214 cm³/mol. The highest BCUT2D eigenvalue weighted by Gasteiger charge is 2.37. The van der Waals surface area contributed by atoms with Gasteiger partial charge in [-0.25, -0.2) is 0 Å². The average molecular weight is 638 g/mol. The first kappa shape index (κ1) is 28.8. The minimum Gasteiger partial charge on any atom is -0.309 e. The van der Waals surface area contributed by atoms with Gasteiger partial charge in [-0.05, 0) is 95.9 Å². The zero-order chi connectivity index (χ0) is 33.4. The molecule has 9 aromatic rings. The lowest BCUT2D eigenvalue weighted by Crippen LogP contribution is -2.16. The van der Waals surface area contributed by atoms with Crippen LogP contribution in [0.2, 0.25) is 0 Å². The van der Waals surface area contributed by atoms with Crippen LogP contribution in [0.3, 0.4) is 0 Å². The van der Waals surface area contributed by atoms with E-state index in [-0.39, 0.29) is 5.41 Å². The number of fused-ring (bicyclic) bond motifs is 9. The van der Waals surface area contributed by atoms with Gasteiger partial charge in [-0.3, -0.25) is 0 Å². The lowest BCUT2D eigenvalue weighted by atomic mass is 9.82. The van der Waals surface area contributed by atoms with Crippen molar-refractivity contribution >= 4 is 60.2 Å².